The summed E-state index contributed by atoms with van der Waals surface area (Å²) in [6, 6.07) is -1.72. The number of hydrogen-bond acceptors (Lipinski definition) is 4. The molecule has 0 aromatic carbocycles. The molecule has 4 N–H and O–H groups in total. The van der Waals surface area contributed by atoms with E-state index in [-0.39, 0.29) is 5.91 Å². The van der Waals surface area contributed by atoms with Gasteiger partial charge in [0.25, 0.3) is 0 Å². The van der Waals surface area contributed by atoms with Gasteiger partial charge in [0.2, 0.25) is 11.8 Å². The van der Waals surface area contributed by atoms with Gasteiger partial charge < -0.3 is 10.6 Å². The Morgan fingerprint density at radius 3 is 1.81 bits per heavy atom. The predicted molar refractivity (Wildman–Crippen MR) is 58.7 cm³/mol. The van der Waals surface area contributed by atoms with Crippen LogP contribution in [0.5, 0.6) is 0 Å². The lowest BCUT2D eigenvalue weighted by Gasteiger charge is -2.17. The first kappa shape index (κ1) is 14.4. The third kappa shape index (κ3) is 4.74. The van der Waals surface area contributed by atoms with Crippen molar-refractivity contribution in [1.82, 2.24) is 21.3 Å². The van der Waals surface area contributed by atoms with Crippen molar-refractivity contribution in [2.45, 2.75) is 25.9 Å². The lowest BCUT2D eigenvalue weighted by molar-refractivity contribution is -0.124. The van der Waals surface area contributed by atoms with Crippen LogP contribution in [0.2, 0.25) is 0 Å². The van der Waals surface area contributed by atoms with Gasteiger partial charge in [-0.15, -0.1) is 0 Å². The second kappa shape index (κ2) is 6.78. The molecule has 0 saturated heterocycles. The third-order valence-electron chi connectivity index (χ3n) is 2.00. The van der Waals surface area contributed by atoms with Crippen molar-refractivity contribution >= 4 is 17.8 Å². The predicted octanol–water partition coefficient (Wildman–Crippen LogP) is -1.45. The fraction of sp³-hybridized carbons (Fsp3) is 0.667. The van der Waals surface area contributed by atoms with Crippen LogP contribution in [0, 0.1) is 0 Å². The second-order valence-electron chi connectivity index (χ2n) is 3.29. The maximum Gasteiger partial charge on any atom is 0.321 e. The average molecular weight is 230 g/mol. The Kier molecular flexibility index (Phi) is 6.09. The summed E-state index contributed by atoms with van der Waals surface area (Å²) in [6.07, 6.45) is 0. The van der Waals surface area contributed by atoms with Crippen molar-refractivity contribution in [3.8, 4) is 0 Å². The summed E-state index contributed by atoms with van der Waals surface area (Å²) in [5.74, 6) is -0.713. The minimum absolute atomic E-state index is 0.223. The van der Waals surface area contributed by atoms with Gasteiger partial charge in [-0.2, -0.15) is 0 Å². The number of carbonyl (C=O) groups excluding carboxylic acids is 3. The zero-order valence-corrected chi connectivity index (χ0v) is 9.88. The summed E-state index contributed by atoms with van der Waals surface area (Å²) in [5, 5.41) is 9.57. The van der Waals surface area contributed by atoms with E-state index in [0.29, 0.717) is 0 Å². The molecule has 7 nitrogen and oxygen atoms in total. The standard InChI is InChI=1S/C9H18N4O3/c1-5(7(14)10-3)12-6(2)8(15)13-9(16)11-4/h5-6,12H,1-4H3,(H,10,14)(H2,11,13,15,16). The highest BCUT2D eigenvalue weighted by atomic mass is 16.2. The highest BCUT2D eigenvalue weighted by Crippen LogP contribution is 1.88. The summed E-state index contributed by atoms with van der Waals surface area (Å²) in [7, 11) is 2.92. The summed E-state index contributed by atoms with van der Waals surface area (Å²) in [4.78, 5) is 33.4. The first-order chi connectivity index (χ1) is 7.42. The van der Waals surface area contributed by atoms with Crippen LogP contribution < -0.4 is 21.3 Å². The summed E-state index contributed by atoms with van der Waals surface area (Å²) in [5.41, 5.74) is 0. The van der Waals surface area contributed by atoms with Gasteiger partial charge in [-0.05, 0) is 13.8 Å². The number of urea groups is 1. The quantitative estimate of drug-likeness (QED) is 0.475. The van der Waals surface area contributed by atoms with Crippen LogP contribution in [0.25, 0.3) is 0 Å². The van der Waals surface area contributed by atoms with Crippen LogP contribution in [-0.4, -0.2) is 44.0 Å². The van der Waals surface area contributed by atoms with Gasteiger partial charge >= 0.3 is 6.03 Å². The maximum atomic E-state index is 11.4. The van der Waals surface area contributed by atoms with Crippen molar-refractivity contribution < 1.29 is 14.4 Å². The molecule has 0 bridgehead atoms. The fourth-order valence-electron chi connectivity index (χ4n) is 1.03. The monoisotopic (exact) mass is 230 g/mol. The van der Waals surface area contributed by atoms with Gasteiger partial charge in [0.1, 0.15) is 0 Å². The first-order valence-corrected chi connectivity index (χ1v) is 4.92. The Morgan fingerprint density at radius 2 is 1.38 bits per heavy atom. The van der Waals surface area contributed by atoms with Crippen molar-refractivity contribution in [3.05, 3.63) is 0 Å². The second-order valence-corrected chi connectivity index (χ2v) is 3.29. The average Bonchev–Trinajstić information content (AvgIpc) is 2.27. The number of hydrogen-bond donors (Lipinski definition) is 4. The van der Waals surface area contributed by atoms with Gasteiger partial charge in [-0.25, -0.2) is 4.79 Å². The Morgan fingerprint density at radius 1 is 0.875 bits per heavy atom. The number of rotatable bonds is 4. The molecule has 4 amide bonds. The van der Waals surface area contributed by atoms with E-state index in [9.17, 15) is 14.4 Å². The topological polar surface area (TPSA) is 99.3 Å². The molecule has 0 aliphatic carbocycles. The first-order valence-electron chi connectivity index (χ1n) is 4.92. The van der Waals surface area contributed by atoms with Crippen molar-refractivity contribution in [1.29, 1.82) is 0 Å². The molecule has 0 radical (unpaired) electrons. The van der Waals surface area contributed by atoms with Gasteiger partial charge in [0, 0.05) is 14.1 Å². The molecule has 0 aromatic heterocycles. The summed E-state index contributed by atoms with van der Waals surface area (Å²) < 4.78 is 0. The van der Waals surface area contributed by atoms with Crippen LogP contribution in [0.1, 0.15) is 13.8 Å². The zero-order chi connectivity index (χ0) is 12.7. The number of amides is 4. The van der Waals surface area contributed by atoms with Gasteiger partial charge in [-0.1, -0.05) is 0 Å². The summed E-state index contributed by atoms with van der Waals surface area (Å²) >= 11 is 0. The number of likely N-dealkylation sites (N-methyl/N-ethyl adjacent to an activating group) is 1. The minimum Gasteiger partial charge on any atom is -0.358 e. The van der Waals surface area contributed by atoms with Gasteiger partial charge in [0.05, 0.1) is 12.1 Å². The molecule has 92 valence electrons. The normalized spacial score (nSPS) is 13.5. The molecule has 16 heavy (non-hydrogen) atoms. The van der Waals surface area contributed by atoms with Crippen molar-refractivity contribution in [2.75, 3.05) is 14.1 Å². The Labute approximate surface area is 94.3 Å². The Balaban J connectivity index is 4.14. The van der Waals surface area contributed by atoms with Gasteiger partial charge in [-0.3, -0.25) is 20.2 Å². The fourth-order valence-corrected chi connectivity index (χ4v) is 1.03. The highest BCUT2D eigenvalue weighted by Gasteiger charge is 2.19. The van der Waals surface area contributed by atoms with Gasteiger partial charge in [0.15, 0.2) is 0 Å². The van der Waals surface area contributed by atoms with E-state index in [0.717, 1.165) is 0 Å². The van der Waals surface area contributed by atoms with Crippen LogP contribution in [0.4, 0.5) is 4.79 Å². The summed E-state index contributed by atoms with van der Waals surface area (Å²) in [6.45, 7) is 3.19. The van der Waals surface area contributed by atoms with Crippen LogP contribution in [-0.2, 0) is 9.59 Å². The van der Waals surface area contributed by atoms with Crippen LogP contribution in [0.15, 0.2) is 0 Å². The third-order valence-corrected chi connectivity index (χ3v) is 2.00. The minimum atomic E-state index is -0.635. The number of imide groups is 1. The molecule has 2 atom stereocenters. The molecule has 0 saturated carbocycles. The SMILES string of the molecule is CNC(=O)NC(=O)C(C)NC(C)C(=O)NC. The van der Waals surface area contributed by atoms with E-state index < -0.39 is 24.0 Å². The van der Waals surface area contributed by atoms with E-state index in [2.05, 4.69) is 21.3 Å². The number of carbonyl (C=O) groups is 3. The maximum absolute atomic E-state index is 11.4. The van der Waals surface area contributed by atoms with Crippen LogP contribution >= 0.6 is 0 Å². The molecule has 0 aromatic rings. The Hall–Kier alpha value is -1.63. The lowest BCUT2D eigenvalue weighted by atomic mass is 10.2. The van der Waals surface area contributed by atoms with E-state index in [4.69, 9.17) is 0 Å². The smallest absolute Gasteiger partial charge is 0.321 e. The molecule has 2 unspecified atom stereocenters. The zero-order valence-electron chi connectivity index (χ0n) is 9.88. The molecule has 0 rings (SSSR count). The number of nitrogens with one attached hydrogen (secondary N) is 4. The largest absolute Gasteiger partial charge is 0.358 e. The lowest BCUT2D eigenvalue weighted by Crippen LogP contribution is -2.52. The Bertz CT molecular complexity index is 280. The molecule has 0 spiro atoms. The molecule has 0 fully saturated rings. The van der Waals surface area contributed by atoms with E-state index in [1.165, 1.54) is 14.1 Å². The van der Waals surface area contributed by atoms with Crippen molar-refractivity contribution in [3.63, 3.8) is 0 Å². The molecular weight excluding hydrogens is 212 g/mol. The molecular formula is C9H18N4O3. The molecule has 0 heterocycles. The van der Waals surface area contributed by atoms with Crippen LogP contribution in [0.3, 0.4) is 0 Å². The van der Waals surface area contributed by atoms with E-state index >= 15 is 0 Å². The molecule has 0 aliphatic rings. The van der Waals surface area contributed by atoms with E-state index in [1.807, 2.05) is 0 Å². The van der Waals surface area contributed by atoms with Crippen molar-refractivity contribution in [2.24, 2.45) is 0 Å². The highest BCUT2D eigenvalue weighted by molar-refractivity contribution is 5.97. The molecule has 0 aliphatic heterocycles. The molecule has 7 heteroatoms. The van der Waals surface area contributed by atoms with E-state index in [1.54, 1.807) is 13.8 Å².